The Labute approximate surface area is 153 Å². The van der Waals surface area contributed by atoms with E-state index in [-0.39, 0.29) is 11.6 Å². The molecule has 0 bridgehead atoms. The first kappa shape index (κ1) is 18.3. The molecule has 140 valence electrons. The highest BCUT2D eigenvalue weighted by molar-refractivity contribution is 7.73. The van der Waals surface area contributed by atoms with E-state index in [4.69, 9.17) is 10.2 Å². The third-order valence-corrected chi connectivity index (χ3v) is 3.84. The number of benzene rings is 2. The first-order valence-corrected chi connectivity index (χ1v) is 8.56. The van der Waals surface area contributed by atoms with Gasteiger partial charge in [0.15, 0.2) is 5.69 Å². The van der Waals surface area contributed by atoms with Gasteiger partial charge in [-0.1, -0.05) is 6.07 Å². The molecule has 3 rings (SSSR count). The van der Waals surface area contributed by atoms with E-state index < -0.39 is 39.9 Å². The van der Waals surface area contributed by atoms with Gasteiger partial charge in [0, 0.05) is 11.4 Å². The number of hydrogen-bond donors (Lipinski definition) is 4. The van der Waals surface area contributed by atoms with Gasteiger partial charge < -0.3 is 15.5 Å². The molecule has 0 aliphatic carbocycles. The van der Waals surface area contributed by atoms with Gasteiger partial charge in [-0.25, -0.2) is 22.2 Å². The Morgan fingerprint density at radius 2 is 1.63 bits per heavy atom. The Morgan fingerprint density at radius 1 is 1.04 bits per heavy atom. The van der Waals surface area contributed by atoms with E-state index in [0.29, 0.717) is 11.4 Å². The van der Waals surface area contributed by atoms with Gasteiger partial charge >= 0.3 is 0 Å². The second-order valence-electron chi connectivity index (χ2n) is 5.23. The number of thiol groups is 1. The molecule has 0 radical (unpaired) electrons. The predicted molar refractivity (Wildman–Crippen MR) is 94.0 cm³/mol. The maximum absolute atomic E-state index is 13.9. The van der Waals surface area contributed by atoms with Crippen LogP contribution in [-0.4, -0.2) is 19.3 Å². The molecule has 0 spiro atoms. The summed E-state index contributed by atoms with van der Waals surface area (Å²) < 4.78 is 56.6. The summed E-state index contributed by atoms with van der Waals surface area (Å²) in [4.78, 5) is 15.4. The van der Waals surface area contributed by atoms with Crippen molar-refractivity contribution in [1.29, 1.82) is 0 Å². The normalized spacial score (nSPS) is 10.8. The lowest BCUT2D eigenvalue weighted by Gasteiger charge is -2.05. The monoisotopic (exact) mass is 394 g/mol. The lowest BCUT2D eigenvalue weighted by Crippen LogP contribution is -2.13. The first-order valence-electron chi connectivity index (χ1n) is 7.38. The standard InChI is InChI=1S/C16H12F2N4O4S/c17-10-2-1-3-11(18)12(10)15-21-13(14(19)23)16(26-15)20-8-4-6-9(7-5-8)22-27(24)25/h1-7,20,27H,(H2,19,23)(H,22,24,25). The Balaban J connectivity index is 1.96. The first-order chi connectivity index (χ1) is 12.8. The zero-order chi connectivity index (χ0) is 19.6. The van der Waals surface area contributed by atoms with Crippen LogP contribution in [0.5, 0.6) is 0 Å². The molecule has 0 saturated heterocycles. The summed E-state index contributed by atoms with van der Waals surface area (Å²) >= 11 is 0. The highest BCUT2D eigenvalue weighted by Gasteiger charge is 2.23. The molecule has 1 heterocycles. The van der Waals surface area contributed by atoms with Gasteiger partial charge in [-0.05, 0) is 36.4 Å². The molecule has 27 heavy (non-hydrogen) atoms. The molecule has 4 N–H and O–H groups in total. The molecular weight excluding hydrogens is 382 g/mol. The van der Waals surface area contributed by atoms with Crippen LogP contribution in [0.2, 0.25) is 0 Å². The van der Waals surface area contributed by atoms with E-state index in [2.05, 4.69) is 15.0 Å². The fourth-order valence-electron chi connectivity index (χ4n) is 2.25. The lowest BCUT2D eigenvalue weighted by molar-refractivity contribution is 0.0996. The van der Waals surface area contributed by atoms with Crippen LogP contribution in [0, 0.1) is 11.6 Å². The number of carbonyl (C=O) groups excluding carboxylic acids is 1. The van der Waals surface area contributed by atoms with Crippen LogP contribution in [0.4, 0.5) is 26.0 Å². The highest BCUT2D eigenvalue weighted by Crippen LogP contribution is 2.31. The van der Waals surface area contributed by atoms with Gasteiger partial charge in [0.25, 0.3) is 5.91 Å². The number of halogens is 2. The van der Waals surface area contributed by atoms with Crippen LogP contribution in [0.25, 0.3) is 11.5 Å². The Bertz CT molecular complexity index is 1050. The van der Waals surface area contributed by atoms with Gasteiger partial charge in [-0.15, -0.1) is 0 Å². The maximum Gasteiger partial charge on any atom is 0.273 e. The smallest absolute Gasteiger partial charge is 0.273 e. The van der Waals surface area contributed by atoms with Crippen molar-refractivity contribution in [3.05, 3.63) is 59.8 Å². The summed E-state index contributed by atoms with van der Waals surface area (Å²) in [6, 6.07) is 9.08. The van der Waals surface area contributed by atoms with Crippen LogP contribution in [0.15, 0.2) is 46.9 Å². The highest BCUT2D eigenvalue weighted by atomic mass is 32.2. The molecule has 0 fully saturated rings. The molecule has 0 saturated carbocycles. The van der Waals surface area contributed by atoms with E-state index in [0.717, 1.165) is 12.1 Å². The van der Waals surface area contributed by atoms with Gasteiger partial charge in [-0.3, -0.25) is 9.52 Å². The topological polar surface area (TPSA) is 127 Å². The largest absolute Gasteiger partial charge is 0.419 e. The van der Waals surface area contributed by atoms with Crippen molar-refractivity contribution in [3.63, 3.8) is 0 Å². The van der Waals surface area contributed by atoms with Gasteiger partial charge in [0.05, 0.1) is 0 Å². The predicted octanol–water partition coefficient (Wildman–Crippen LogP) is 2.40. The van der Waals surface area contributed by atoms with Crippen LogP contribution >= 0.6 is 0 Å². The van der Waals surface area contributed by atoms with Crippen molar-refractivity contribution in [2.45, 2.75) is 0 Å². The number of rotatable bonds is 6. The van der Waals surface area contributed by atoms with Crippen LogP contribution < -0.4 is 15.8 Å². The van der Waals surface area contributed by atoms with Crippen molar-refractivity contribution >= 4 is 34.1 Å². The van der Waals surface area contributed by atoms with E-state index in [1.54, 1.807) is 0 Å². The zero-order valence-electron chi connectivity index (χ0n) is 13.4. The molecule has 0 aliphatic heterocycles. The van der Waals surface area contributed by atoms with Gasteiger partial charge in [0.1, 0.15) is 17.2 Å². The van der Waals surface area contributed by atoms with E-state index in [1.165, 1.54) is 30.3 Å². The second kappa shape index (κ2) is 7.41. The number of aromatic nitrogens is 1. The molecule has 0 atom stereocenters. The molecule has 0 unspecified atom stereocenters. The van der Waals surface area contributed by atoms with Gasteiger partial charge in [0.2, 0.25) is 22.7 Å². The number of amides is 1. The summed E-state index contributed by atoms with van der Waals surface area (Å²) in [6.45, 7) is 0. The molecular formula is C16H12F2N4O4S. The fraction of sp³-hybridized carbons (Fsp3) is 0. The fourth-order valence-corrected chi connectivity index (χ4v) is 2.61. The van der Waals surface area contributed by atoms with E-state index in [9.17, 15) is 22.0 Å². The Kier molecular flexibility index (Phi) is 5.03. The van der Waals surface area contributed by atoms with Crippen LogP contribution in [-0.2, 0) is 10.9 Å². The summed E-state index contributed by atoms with van der Waals surface area (Å²) in [6.07, 6.45) is 0. The number of primary amides is 1. The summed E-state index contributed by atoms with van der Waals surface area (Å²) in [5, 5.41) is 2.71. The quantitative estimate of drug-likeness (QED) is 0.476. The average molecular weight is 394 g/mol. The van der Waals surface area contributed by atoms with Gasteiger partial charge in [-0.2, -0.15) is 0 Å². The Morgan fingerprint density at radius 3 is 2.19 bits per heavy atom. The van der Waals surface area contributed by atoms with Crippen molar-refractivity contribution in [3.8, 4) is 11.5 Å². The molecule has 0 aliphatic rings. The number of nitrogens with two attached hydrogens (primary N) is 1. The third-order valence-electron chi connectivity index (χ3n) is 3.40. The number of oxazole rings is 1. The molecule has 8 nitrogen and oxygen atoms in total. The Hall–Kier alpha value is -3.47. The van der Waals surface area contributed by atoms with Crippen LogP contribution in [0.3, 0.4) is 0 Å². The molecule has 3 aromatic rings. The average Bonchev–Trinajstić information content (AvgIpc) is 3.00. The zero-order valence-corrected chi connectivity index (χ0v) is 14.3. The summed E-state index contributed by atoms with van der Waals surface area (Å²) in [5.41, 5.74) is 5.07. The van der Waals surface area contributed by atoms with Crippen molar-refractivity contribution in [2.75, 3.05) is 10.0 Å². The minimum atomic E-state index is -2.81. The summed E-state index contributed by atoms with van der Waals surface area (Å²) in [5.74, 6) is -3.47. The number of nitrogens with one attached hydrogen (secondary N) is 2. The van der Waals surface area contributed by atoms with E-state index in [1.807, 2.05) is 0 Å². The number of carbonyl (C=O) groups is 1. The minimum absolute atomic E-state index is 0.212. The minimum Gasteiger partial charge on any atom is -0.419 e. The van der Waals surface area contributed by atoms with Crippen molar-refractivity contribution < 1.29 is 26.4 Å². The van der Waals surface area contributed by atoms with Crippen LogP contribution in [0.1, 0.15) is 10.5 Å². The molecule has 2 aromatic carbocycles. The van der Waals surface area contributed by atoms with E-state index >= 15 is 0 Å². The molecule has 1 amide bonds. The second-order valence-corrected chi connectivity index (χ2v) is 5.97. The summed E-state index contributed by atoms with van der Waals surface area (Å²) in [7, 11) is -2.81. The molecule has 1 aromatic heterocycles. The number of anilines is 3. The number of nitrogens with zero attached hydrogens (tertiary/aromatic N) is 1. The molecule has 11 heteroatoms. The maximum atomic E-state index is 13.9. The third kappa shape index (κ3) is 4.03. The SMILES string of the molecule is NC(=O)c1nc(-c2c(F)cccc2F)oc1Nc1ccc(N[SH](=O)=O)cc1. The number of hydrogen-bond acceptors (Lipinski definition) is 6. The lowest BCUT2D eigenvalue weighted by atomic mass is 10.2. The van der Waals surface area contributed by atoms with Crippen molar-refractivity contribution in [1.82, 2.24) is 4.98 Å². The van der Waals surface area contributed by atoms with Crippen molar-refractivity contribution in [2.24, 2.45) is 5.73 Å².